The van der Waals surface area contributed by atoms with Gasteiger partial charge in [-0.1, -0.05) is 36.4 Å². The van der Waals surface area contributed by atoms with E-state index in [2.05, 4.69) is 10.3 Å². The smallest absolute Gasteiger partial charge is 0.337 e. The summed E-state index contributed by atoms with van der Waals surface area (Å²) in [5, 5.41) is 13.2. The molecule has 0 spiro atoms. The zero-order valence-corrected chi connectivity index (χ0v) is 17.5. The number of aromatic carboxylic acids is 1. The fourth-order valence-corrected chi connectivity index (χ4v) is 3.76. The third kappa shape index (κ3) is 3.80. The second-order valence-electron chi connectivity index (χ2n) is 7.57. The van der Waals surface area contributed by atoms with E-state index in [4.69, 9.17) is 4.42 Å². The highest BCUT2D eigenvalue weighted by atomic mass is 16.4. The Balaban J connectivity index is 1.89. The zero-order valence-electron chi connectivity index (χ0n) is 17.5. The average Bonchev–Trinajstić information content (AvgIpc) is 2.77. The molecule has 6 heteroatoms. The van der Waals surface area contributed by atoms with E-state index in [1.165, 1.54) is 18.5 Å². The van der Waals surface area contributed by atoms with Gasteiger partial charge in [0, 0.05) is 22.9 Å². The van der Waals surface area contributed by atoms with Crippen molar-refractivity contribution in [1.29, 1.82) is 0 Å². The van der Waals surface area contributed by atoms with Crippen molar-refractivity contribution >= 4 is 22.6 Å². The van der Waals surface area contributed by atoms with Crippen molar-refractivity contribution in [3.8, 4) is 11.3 Å². The predicted octanol–water partition coefficient (Wildman–Crippen LogP) is 5.34. The lowest BCUT2D eigenvalue weighted by atomic mass is 9.98. The van der Waals surface area contributed by atoms with Crippen LogP contribution < -0.4 is 10.7 Å². The molecular weight excluding hydrogens is 392 g/mol. The maximum Gasteiger partial charge on any atom is 0.337 e. The Hall–Kier alpha value is -3.93. The molecule has 2 heterocycles. The molecule has 2 N–H and O–H groups in total. The first-order valence-electron chi connectivity index (χ1n) is 9.94. The van der Waals surface area contributed by atoms with E-state index in [-0.39, 0.29) is 17.0 Å². The third-order valence-electron chi connectivity index (χ3n) is 5.32. The van der Waals surface area contributed by atoms with Crippen LogP contribution in [0.5, 0.6) is 0 Å². The number of hydrogen-bond acceptors (Lipinski definition) is 5. The number of nitrogens with one attached hydrogen (secondary N) is 1. The number of carboxylic acid groups (broad SMARTS) is 1. The Morgan fingerprint density at radius 3 is 2.58 bits per heavy atom. The minimum absolute atomic E-state index is 0.0788. The lowest BCUT2D eigenvalue weighted by Gasteiger charge is -2.19. The van der Waals surface area contributed by atoms with E-state index in [1.807, 2.05) is 56.3 Å². The van der Waals surface area contributed by atoms with Crippen LogP contribution in [0.2, 0.25) is 0 Å². The number of pyridine rings is 1. The molecule has 4 rings (SSSR count). The number of nitrogens with zero attached hydrogens (tertiary/aromatic N) is 1. The molecule has 156 valence electrons. The third-order valence-corrected chi connectivity index (χ3v) is 5.32. The molecule has 0 aliphatic rings. The van der Waals surface area contributed by atoms with Crippen molar-refractivity contribution in [3.05, 3.63) is 93.4 Å². The van der Waals surface area contributed by atoms with Crippen LogP contribution in [0.4, 0.5) is 5.69 Å². The number of aromatic nitrogens is 1. The lowest BCUT2D eigenvalue weighted by molar-refractivity contribution is 0.0697. The summed E-state index contributed by atoms with van der Waals surface area (Å²) in [6.07, 6.45) is 2.92. The standard InChI is InChI=1S/C25H22N2O4/c1-14-11-19(16(3)27-21-13-26-10-9-18(21)25(29)30)24-20(12-14)22(28)15(2)23(31-24)17-7-5-4-6-8-17/h4-13,16,27H,1-3H3,(H,29,30)/t16-/m1/s1. The molecular formula is C25H22N2O4. The molecule has 2 aromatic heterocycles. The first kappa shape index (κ1) is 20.3. The number of rotatable bonds is 5. The normalized spacial score (nSPS) is 12.0. The van der Waals surface area contributed by atoms with Gasteiger partial charge in [0.2, 0.25) is 0 Å². The summed E-state index contributed by atoms with van der Waals surface area (Å²) in [5.74, 6) is -0.511. The van der Waals surface area contributed by atoms with Crippen LogP contribution in [-0.4, -0.2) is 16.1 Å². The van der Waals surface area contributed by atoms with Crippen molar-refractivity contribution in [2.24, 2.45) is 0 Å². The Morgan fingerprint density at radius 2 is 1.87 bits per heavy atom. The van der Waals surface area contributed by atoms with E-state index in [0.717, 1.165) is 16.7 Å². The Bertz CT molecular complexity index is 1340. The zero-order chi connectivity index (χ0) is 22.1. The topological polar surface area (TPSA) is 92.4 Å². The largest absolute Gasteiger partial charge is 0.478 e. The minimum atomic E-state index is -1.04. The van der Waals surface area contributed by atoms with Crippen LogP contribution in [0.3, 0.4) is 0 Å². The predicted molar refractivity (Wildman–Crippen MR) is 121 cm³/mol. The average molecular weight is 414 g/mol. The van der Waals surface area contributed by atoms with Gasteiger partial charge < -0.3 is 14.8 Å². The molecule has 0 bridgehead atoms. The van der Waals surface area contributed by atoms with E-state index < -0.39 is 5.97 Å². The fourth-order valence-electron chi connectivity index (χ4n) is 3.76. The van der Waals surface area contributed by atoms with Gasteiger partial charge in [0.05, 0.1) is 28.9 Å². The number of aryl methyl sites for hydroxylation is 1. The fraction of sp³-hybridized carbons (Fsp3) is 0.160. The van der Waals surface area contributed by atoms with Crippen molar-refractivity contribution in [2.75, 3.05) is 5.32 Å². The molecule has 0 saturated heterocycles. The quantitative estimate of drug-likeness (QED) is 0.458. The Labute approximate surface area is 179 Å². The highest BCUT2D eigenvalue weighted by molar-refractivity contribution is 5.94. The summed E-state index contributed by atoms with van der Waals surface area (Å²) >= 11 is 0. The highest BCUT2D eigenvalue weighted by Crippen LogP contribution is 2.32. The van der Waals surface area contributed by atoms with Gasteiger partial charge in [-0.25, -0.2) is 4.79 Å². The molecule has 0 aliphatic carbocycles. The molecule has 0 saturated carbocycles. The SMILES string of the molecule is Cc1cc([C@@H](C)Nc2cnccc2C(=O)O)c2oc(-c3ccccc3)c(C)c(=O)c2c1. The van der Waals surface area contributed by atoms with Gasteiger partial charge in [-0.05, 0) is 38.5 Å². The Morgan fingerprint density at radius 1 is 1.13 bits per heavy atom. The summed E-state index contributed by atoms with van der Waals surface area (Å²) in [6.45, 7) is 5.59. The molecule has 6 nitrogen and oxygen atoms in total. The Kier molecular flexibility index (Phi) is 5.29. The molecule has 0 unspecified atom stereocenters. The number of carbonyl (C=O) groups is 1. The monoisotopic (exact) mass is 414 g/mol. The number of hydrogen-bond donors (Lipinski definition) is 2. The van der Waals surface area contributed by atoms with Gasteiger partial charge >= 0.3 is 5.97 Å². The molecule has 31 heavy (non-hydrogen) atoms. The van der Waals surface area contributed by atoms with Crippen molar-refractivity contribution in [2.45, 2.75) is 26.8 Å². The molecule has 2 aromatic carbocycles. The van der Waals surface area contributed by atoms with Crippen molar-refractivity contribution in [1.82, 2.24) is 4.98 Å². The maximum absolute atomic E-state index is 13.2. The van der Waals surface area contributed by atoms with E-state index in [0.29, 0.717) is 28.0 Å². The number of fused-ring (bicyclic) bond motifs is 1. The molecule has 1 atom stereocenters. The number of carboxylic acids is 1. The maximum atomic E-state index is 13.2. The second-order valence-corrected chi connectivity index (χ2v) is 7.57. The first-order chi connectivity index (χ1) is 14.9. The van der Waals surface area contributed by atoms with Gasteiger partial charge in [-0.15, -0.1) is 0 Å². The lowest BCUT2D eigenvalue weighted by Crippen LogP contribution is -2.14. The summed E-state index contributed by atoms with van der Waals surface area (Å²) in [4.78, 5) is 28.8. The van der Waals surface area contributed by atoms with Crippen LogP contribution in [0.25, 0.3) is 22.3 Å². The minimum Gasteiger partial charge on any atom is -0.478 e. The van der Waals surface area contributed by atoms with Crippen molar-refractivity contribution in [3.63, 3.8) is 0 Å². The second kappa shape index (κ2) is 8.07. The van der Waals surface area contributed by atoms with Crippen molar-refractivity contribution < 1.29 is 14.3 Å². The van der Waals surface area contributed by atoms with Crippen LogP contribution in [-0.2, 0) is 0 Å². The first-order valence-corrected chi connectivity index (χ1v) is 9.94. The van der Waals surface area contributed by atoms with Crippen LogP contribution in [0, 0.1) is 13.8 Å². The van der Waals surface area contributed by atoms with Gasteiger partial charge in [0.25, 0.3) is 0 Å². The highest BCUT2D eigenvalue weighted by Gasteiger charge is 2.20. The van der Waals surface area contributed by atoms with Gasteiger partial charge in [-0.3, -0.25) is 9.78 Å². The van der Waals surface area contributed by atoms with Crippen LogP contribution in [0.1, 0.15) is 40.0 Å². The van der Waals surface area contributed by atoms with E-state index in [9.17, 15) is 14.7 Å². The summed E-state index contributed by atoms with van der Waals surface area (Å²) in [6, 6.07) is 14.4. The van der Waals surface area contributed by atoms with E-state index >= 15 is 0 Å². The summed E-state index contributed by atoms with van der Waals surface area (Å²) in [7, 11) is 0. The molecule has 0 amide bonds. The number of benzene rings is 2. The van der Waals surface area contributed by atoms with Gasteiger partial charge in [0.1, 0.15) is 11.3 Å². The number of anilines is 1. The summed E-state index contributed by atoms with van der Waals surface area (Å²) < 4.78 is 6.31. The molecule has 0 aliphatic heterocycles. The van der Waals surface area contributed by atoms with Gasteiger partial charge in [0.15, 0.2) is 5.43 Å². The molecule has 0 fully saturated rings. The van der Waals surface area contributed by atoms with Crippen LogP contribution >= 0.6 is 0 Å². The molecule has 4 aromatic rings. The van der Waals surface area contributed by atoms with Crippen LogP contribution in [0.15, 0.2) is 70.1 Å². The van der Waals surface area contributed by atoms with E-state index in [1.54, 1.807) is 6.92 Å². The molecule has 0 radical (unpaired) electrons. The van der Waals surface area contributed by atoms with Gasteiger partial charge in [-0.2, -0.15) is 0 Å². The summed E-state index contributed by atoms with van der Waals surface area (Å²) in [5.41, 5.74) is 3.99.